The van der Waals surface area contributed by atoms with Crippen LogP contribution in [0.5, 0.6) is 0 Å². The normalized spacial score (nSPS) is 10.3. The molecule has 0 atom stereocenters. The van der Waals surface area contributed by atoms with Crippen molar-refractivity contribution in [2.45, 2.75) is 6.42 Å². The van der Waals surface area contributed by atoms with E-state index in [9.17, 15) is 0 Å². The Morgan fingerprint density at radius 2 is 2.31 bits per heavy atom. The van der Waals surface area contributed by atoms with Gasteiger partial charge in [-0.3, -0.25) is 4.68 Å². The molecule has 0 unspecified atom stereocenters. The van der Waals surface area contributed by atoms with Gasteiger partial charge in [0.2, 0.25) is 0 Å². The minimum absolute atomic E-state index is 0.818. The van der Waals surface area contributed by atoms with Gasteiger partial charge in [-0.15, -0.1) is 0 Å². The highest BCUT2D eigenvalue weighted by Gasteiger charge is 1.96. The monoisotopic (exact) mass is 216 g/mol. The molecule has 1 aromatic heterocycles. The number of benzene rings is 1. The molecule has 0 aliphatic rings. The van der Waals surface area contributed by atoms with Gasteiger partial charge in [0.1, 0.15) is 0 Å². The average molecular weight is 216 g/mol. The van der Waals surface area contributed by atoms with Crippen LogP contribution in [0.4, 0.5) is 11.4 Å². The number of hydrogen-bond acceptors (Lipinski definition) is 3. The zero-order chi connectivity index (χ0) is 11.4. The van der Waals surface area contributed by atoms with Gasteiger partial charge in [-0.2, -0.15) is 5.10 Å². The van der Waals surface area contributed by atoms with Crippen molar-refractivity contribution < 1.29 is 0 Å². The fourth-order valence-corrected chi connectivity index (χ4v) is 1.61. The zero-order valence-electron chi connectivity index (χ0n) is 9.35. The predicted octanol–water partition coefficient (Wildman–Crippen LogP) is 1.66. The van der Waals surface area contributed by atoms with Crippen molar-refractivity contribution in [1.29, 1.82) is 0 Å². The molecule has 0 aliphatic carbocycles. The van der Waals surface area contributed by atoms with E-state index in [1.807, 2.05) is 37.6 Å². The first-order valence-corrected chi connectivity index (χ1v) is 5.31. The lowest BCUT2D eigenvalue weighted by Crippen LogP contribution is -2.04. The molecule has 84 valence electrons. The van der Waals surface area contributed by atoms with Gasteiger partial charge in [-0.1, -0.05) is 12.1 Å². The standard InChI is InChI=1S/C12H16N4/c1-16-9-12(8-15-16)14-6-5-10-3-2-4-11(13)7-10/h2-4,7-9,14H,5-6,13H2,1H3. The number of aromatic nitrogens is 2. The van der Waals surface area contributed by atoms with Crippen LogP contribution >= 0.6 is 0 Å². The Kier molecular flexibility index (Phi) is 3.10. The second-order valence-electron chi connectivity index (χ2n) is 3.82. The molecule has 2 aromatic rings. The fraction of sp³-hybridized carbons (Fsp3) is 0.250. The molecule has 0 saturated heterocycles. The molecule has 1 heterocycles. The Bertz CT molecular complexity index is 462. The van der Waals surface area contributed by atoms with E-state index in [2.05, 4.69) is 16.5 Å². The van der Waals surface area contributed by atoms with Gasteiger partial charge in [-0.25, -0.2) is 0 Å². The summed E-state index contributed by atoms with van der Waals surface area (Å²) in [6.45, 7) is 0.884. The smallest absolute Gasteiger partial charge is 0.0726 e. The zero-order valence-corrected chi connectivity index (χ0v) is 9.35. The molecule has 0 radical (unpaired) electrons. The van der Waals surface area contributed by atoms with E-state index in [-0.39, 0.29) is 0 Å². The molecule has 3 N–H and O–H groups in total. The highest BCUT2D eigenvalue weighted by atomic mass is 15.3. The molecule has 2 rings (SSSR count). The number of anilines is 2. The van der Waals surface area contributed by atoms with Crippen LogP contribution in [0.3, 0.4) is 0 Å². The van der Waals surface area contributed by atoms with Crippen molar-refractivity contribution in [3.63, 3.8) is 0 Å². The molecule has 0 spiro atoms. The van der Waals surface area contributed by atoms with E-state index in [1.54, 1.807) is 4.68 Å². The summed E-state index contributed by atoms with van der Waals surface area (Å²) in [6, 6.07) is 7.97. The second-order valence-corrected chi connectivity index (χ2v) is 3.82. The van der Waals surface area contributed by atoms with Crippen molar-refractivity contribution >= 4 is 11.4 Å². The fourth-order valence-electron chi connectivity index (χ4n) is 1.61. The lowest BCUT2D eigenvalue weighted by Gasteiger charge is -2.04. The lowest BCUT2D eigenvalue weighted by molar-refractivity contribution is 0.768. The molecule has 0 aliphatic heterocycles. The third kappa shape index (κ3) is 2.76. The van der Waals surface area contributed by atoms with Gasteiger partial charge in [-0.05, 0) is 24.1 Å². The minimum atomic E-state index is 0.818. The van der Waals surface area contributed by atoms with Crippen LogP contribution < -0.4 is 11.1 Å². The molecule has 16 heavy (non-hydrogen) atoms. The van der Waals surface area contributed by atoms with Crippen molar-refractivity contribution in [3.8, 4) is 0 Å². The second kappa shape index (κ2) is 4.70. The summed E-state index contributed by atoms with van der Waals surface area (Å²) in [4.78, 5) is 0. The van der Waals surface area contributed by atoms with Crippen molar-refractivity contribution in [2.24, 2.45) is 7.05 Å². The highest BCUT2D eigenvalue weighted by Crippen LogP contribution is 2.08. The first-order chi connectivity index (χ1) is 7.74. The maximum Gasteiger partial charge on any atom is 0.0726 e. The van der Waals surface area contributed by atoms with Crippen LogP contribution in [0.15, 0.2) is 36.7 Å². The molecule has 1 aromatic carbocycles. The Hall–Kier alpha value is -1.97. The van der Waals surface area contributed by atoms with E-state index in [0.717, 1.165) is 24.3 Å². The summed E-state index contributed by atoms with van der Waals surface area (Å²) in [7, 11) is 1.91. The summed E-state index contributed by atoms with van der Waals surface area (Å²) < 4.78 is 1.78. The van der Waals surface area contributed by atoms with Gasteiger partial charge in [0.05, 0.1) is 11.9 Å². The summed E-state index contributed by atoms with van der Waals surface area (Å²) in [5, 5.41) is 7.40. The van der Waals surface area contributed by atoms with Gasteiger partial charge in [0.15, 0.2) is 0 Å². The average Bonchev–Trinajstić information content (AvgIpc) is 2.64. The maximum absolute atomic E-state index is 5.71. The number of nitrogens with one attached hydrogen (secondary N) is 1. The number of rotatable bonds is 4. The number of aryl methyl sites for hydroxylation is 1. The maximum atomic E-state index is 5.71. The van der Waals surface area contributed by atoms with Crippen molar-refractivity contribution in [2.75, 3.05) is 17.6 Å². The van der Waals surface area contributed by atoms with Crippen LogP contribution in [0, 0.1) is 0 Å². The summed E-state index contributed by atoms with van der Waals surface area (Å²) in [6.07, 6.45) is 4.73. The molecule has 0 saturated carbocycles. The lowest BCUT2D eigenvalue weighted by atomic mass is 10.1. The van der Waals surface area contributed by atoms with Gasteiger partial charge in [0.25, 0.3) is 0 Å². The third-order valence-electron chi connectivity index (χ3n) is 2.40. The molecule has 4 heteroatoms. The van der Waals surface area contributed by atoms with E-state index in [1.165, 1.54) is 5.56 Å². The third-order valence-corrected chi connectivity index (χ3v) is 2.40. The topological polar surface area (TPSA) is 55.9 Å². The van der Waals surface area contributed by atoms with E-state index in [4.69, 9.17) is 5.73 Å². The quantitative estimate of drug-likeness (QED) is 0.764. The van der Waals surface area contributed by atoms with E-state index >= 15 is 0 Å². The van der Waals surface area contributed by atoms with Crippen LogP contribution in [-0.4, -0.2) is 16.3 Å². The van der Waals surface area contributed by atoms with E-state index < -0.39 is 0 Å². The SMILES string of the molecule is Cn1cc(NCCc2cccc(N)c2)cn1. The van der Waals surface area contributed by atoms with Gasteiger partial charge < -0.3 is 11.1 Å². The van der Waals surface area contributed by atoms with Crippen LogP contribution in [0.25, 0.3) is 0 Å². The Balaban J connectivity index is 1.84. The molecule has 0 amide bonds. The molecular weight excluding hydrogens is 200 g/mol. The molecular formula is C12H16N4. The predicted molar refractivity (Wildman–Crippen MR) is 66.3 cm³/mol. The summed E-state index contributed by atoms with van der Waals surface area (Å²) in [5.41, 5.74) is 8.82. The number of nitrogens with two attached hydrogens (primary N) is 1. The first-order valence-electron chi connectivity index (χ1n) is 5.31. The number of hydrogen-bond donors (Lipinski definition) is 2. The summed E-state index contributed by atoms with van der Waals surface area (Å²) >= 11 is 0. The van der Waals surface area contributed by atoms with Gasteiger partial charge >= 0.3 is 0 Å². The number of nitrogen functional groups attached to an aromatic ring is 1. The Labute approximate surface area is 95.1 Å². The van der Waals surface area contributed by atoms with Crippen LogP contribution in [0.1, 0.15) is 5.56 Å². The van der Waals surface area contributed by atoms with Gasteiger partial charge in [0, 0.05) is 25.5 Å². The summed E-state index contributed by atoms with van der Waals surface area (Å²) in [5.74, 6) is 0. The van der Waals surface area contributed by atoms with E-state index in [0.29, 0.717) is 0 Å². The molecule has 0 bridgehead atoms. The Morgan fingerprint density at radius 1 is 1.44 bits per heavy atom. The molecule has 4 nitrogen and oxygen atoms in total. The van der Waals surface area contributed by atoms with Crippen molar-refractivity contribution in [1.82, 2.24) is 9.78 Å². The number of nitrogens with zero attached hydrogens (tertiary/aromatic N) is 2. The Morgan fingerprint density at radius 3 is 3.00 bits per heavy atom. The highest BCUT2D eigenvalue weighted by molar-refractivity contribution is 5.42. The largest absolute Gasteiger partial charge is 0.399 e. The van der Waals surface area contributed by atoms with Crippen LogP contribution in [-0.2, 0) is 13.5 Å². The first kappa shape index (κ1) is 10.5. The minimum Gasteiger partial charge on any atom is -0.399 e. The van der Waals surface area contributed by atoms with Crippen LogP contribution in [0.2, 0.25) is 0 Å². The molecule has 0 fully saturated rings. The van der Waals surface area contributed by atoms with Crippen molar-refractivity contribution in [3.05, 3.63) is 42.2 Å².